The summed E-state index contributed by atoms with van der Waals surface area (Å²) in [5.41, 5.74) is 15.3. The van der Waals surface area contributed by atoms with Crippen molar-refractivity contribution in [3.05, 3.63) is 150 Å². The Morgan fingerprint density at radius 1 is 0.448 bits per heavy atom. The van der Waals surface area contributed by atoms with Crippen LogP contribution in [0, 0.1) is 0 Å². The maximum Gasteiger partial charge on any atom is 0.337 e. The first-order valence-corrected chi connectivity index (χ1v) is 18.0. The molecule has 6 aromatic heterocycles. The Kier molecular flexibility index (Phi) is 13.1. The fourth-order valence-corrected chi connectivity index (χ4v) is 7.31. The van der Waals surface area contributed by atoms with E-state index in [4.69, 9.17) is 14.7 Å². The van der Waals surface area contributed by atoms with E-state index in [-0.39, 0.29) is 77.9 Å². The number of carbonyl (C=O) groups is 1. The van der Waals surface area contributed by atoms with E-state index >= 15 is 0 Å². The second-order valence-electron chi connectivity index (χ2n) is 13.8. The summed E-state index contributed by atoms with van der Waals surface area (Å²) in [6.45, 7) is 0. The Balaban J connectivity index is 0.00000189. The zero-order valence-corrected chi connectivity index (χ0v) is 38.5. The highest BCUT2D eigenvalue weighted by atomic mass is 127. The number of pyridine rings is 3. The lowest BCUT2D eigenvalue weighted by molar-refractivity contribution is -0.671. The van der Waals surface area contributed by atoms with Gasteiger partial charge in [0.15, 0.2) is 37.2 Å². The molecule has 0 spiro atoms. The van der Waals surface area contributed by atoms with Crippen LogP contribution in [0.25, 0.3) is 90.9 Å². The van der Waals surface area contributed by atoms with E-state index in [0.717, 1.165) is 89.4 Å². The van der Waals surface area contributed by atoms with Crippen LogP contribution in [0.3, 0.4) is 0 Å². The summed E-state index contributed by atoms with van der Waals surface area (Å²) in [6, 6.07) is 28.7. The number of nitrogens with one attached hydrogen (secondary N) is 2. The average Bonchev–Trinajstić information content (AvgIpc) is 4.05. The molecular weight excluding hydrogens is 1060 g/mol. The minimum atomic E-state index is -0.384. The van der Waals surface area contributed by atoms with Crippen LogP contribution in [0.2, 0.25) is 0 Å². The molecule has 12 heteroatoms. The van der Waals surface area contributed by atoms with E-state index in [9.17, 15) is 4.79 Å². The van der Waals surface area contributed by atoms with Gasteiger partial charge in [-0.1, -0.05) is 12.1 Å². The van der Waals surface area contributed by atoms with Gasteiger partial charge in [0.25, 0.3) is 0 Å². The van der Waals surface area contributed by atoms with E-state index in [1.807, 2.05) is 71.8 Å². The van der Waals surface area contributed by atoms with Gasteiger partial charge in [-0.25, -0.2) is 28.5 Å². The number of carbonyl (C=O) groups excluding carboxylic acids is 1. The van der Waals surface area contributed by atoms with E-state index in [2.05, 4.69) is 107 Å². The molecule has 0 fully saturated rings. The van der Waals surface area contributed by atoms with Gasteiger partial charge in [-0.2, -0.15) is 0 Å². The van der Waals surface area contributed by atoms with Crippen LogP contribution in [0.4, 0.5) is 0 Å². The van der Waals surface area contributed by atoms with E-state index in [0.29, 0.717) is 5.56 Å². The van der Waals surface area contributed by atoms with E-state index in [1.165, 1.54) is 7.11 Å². The highest BCUT2D eigenvalue weighted by molar-refractivity contribution is 6.00. The third-order valence-electron chi connectivity index (χ3n) is 10.1. The van der Waals surface area contributed by atoms with Crippen molar-refractivity contribution in [1.82, 2.24) is 19.9 Å². The summed E-state index contributed by atoms with van der Waals surface area (Å²) in [5, 5.41) is 0. The third kappa shape index (κ3) is 8.14. The number of hydrogen-bond donors (Lipinski definition) is 2. The standard InChI is InChI=1S/C46H37N7O2.3HI/c1-51-23-17-30(18-24-51)43-36-11-9-34(47-36)42(29-5-7-33(8-6-29)46(54)55-4)35-10-12-37(48-35)44(31-19-25-52(2)26-20-31)39-14-16-41(50-39)45(40-15-13-38(43)49-40)32-21-27-53(3)28-22-32;;;/h5-28H,1-4H3,(H,47,48,49,50);3*1H/q+2;;;/p-2. The summed E-state index contributed by atoms with van der Waals surface area (Å²) in [7, 11) is 7.44. The fourth-order valence-electron chi connectivity index (χ4n) is 7.31. The lowest BCUT2D eigenvalue weighted by atomic mass is 10.0. The normalized spacial score (nSPS) is 11.3. The second kappa shape index (κ2) is 17.8. The molecule has 0 saturated heterocycles. The number of aryl methyl sites for hydroxylation is 3. The first kappa shape index (κ1) is 42.5. The minimum Gasteiger partial charge on any atom is -1.00 e. The highest BCUT2D eigenvalue weighted by Gasteiger charge is 2.20. The lowest BCUT2D eigenvalue weighted by Crippen LogP contribution is -3.00. The largest absolute Gasteiger partial charge is 1.00 e. The molecule has 0 atom stereocenters. The van der Waals surface area contributed by atoms with Gasteiger partial charge in [0.1, 0.15) is 21.1 Å². The van der Waals surface area contributed by atoms with Crippen molar-refractivity contribution in [1.29, 1.82) is 0 Å². The summed E-state index contributed by atoms with van der Waals surface area (Å²) in [5.74, 6) is -0.384. The Morgan fingerprint density at radius 2 is 0.724 bits per heavy atom. The molecule has 2 aliphatic heterocycles. The third-order valence-corrected chi connectivity index (χ3v) is 10.1. The molecule has 0 radical (unpaired) electrons. The highest BCUT2D eigenvalue weighted by Crippen LogP contribution is 2.38. The molecule has 7 aromatic rings. The van der Waals surface area contributed by atoms with Crippen LogP contribution < -0.4 is 85.6 Å². The predicted molar refractivity (Wildman–Crippen MR) is 215 cm³/mol. The Labute approximate surface area is 387 Å². The number of hydrogen-bond acceptors (Lipinski definition) is 4. The maximum absolute atomic E-state index is 12.4. The van der Waals surface area contributed by atoms with Gasteiger partial charge in [0.2, 0.25) is 0 Å². The van der Waals surface area contributed by atoms with Crippen molar-refractivity contribution < 1.29 is 95.2 Å². The first-order valence-electron chi connectivity index (χ1n) is 18.0. The Hall–Kier alpha value is -5.07. The second-order valence-corrected chi connectivity index (χ2v) is 13.8. The van der Waals surface area contributed by atoms with E-state index in [1.54, 1.807) is 12.1 Å². The van der Waals surface area contributed by atoms with Crippen molar-refractivity contribution in [2.75, 3.05) is 7.11 Å². The van der Waals surface area contributed by atoms with Crippen molar-refractivity contribution >= 4 is 52.3 Å². The molecular formula is C46H38I3N7O2. The van der Waals surface area contributed by atoms with Crippen LogP contribution >= 0.6 is 0 Å². The number of methoxy groups -OCH3 is 1. The number of aromatic nitrogens is 7. The van der Waals surface area contributed by atoms with Gasteiger partial charge in [-0.05, 0) is 83.0 Å². The number of rotatable bonds is 5. The number of fused-ring (bicyclic) bond motifs is 8. The fraction of sp³-hybridized carbons (Fsp3) is 0.0870. The zero-order valence-electron chi connectivity index (χ0n) is 32.0. The number of benzene rings is 1. The summed E-state index contributed by atoms with van der Waals surface area (Å²) in [6.07, 6.45) is 20.7. The number of halogens is 3. The molecule has 9 nitrogen and oxygen atoms in total. The molecule has 8 heterocycles. The van der Waals surface area contributed by atoms with Gasteiger partial charge < -0.3 is 86.6 Å². The molecule has 58 heavy (non-hydrogen) atoms. The molecule has 1 aromatic carbocycles. The average molecular weight is 1100 g/mol. The summed E-state index contributed by atoms with van der Waals surface area (Å²) < 4.78 is 11.1. The number of H-pyrrole nitrogens is 2. The van der Waals surface area contributed by atoms with Crippen LogP contribution in [-0.4, -0.2) is 33.0 Å². The predicted octanol–water partition coefficient (Wildman–Crippen LogP) is -1.40. The quantitative estimate of drug-likeness (QED) is 0.126. The van der Waals surface area contributed by atoms with Crippen LogP contribution in [0.15, 0.2) is 122 Å². The molecule has 8 bridgehead atoms. The van der Waals surface area contributed by atoms with Crippen LogP contribution in [-0.2, 0) is 25.9 Å². The molecule has 0 unspecified atom stereocenters. The monoisotopic (exact) mass is 1100 g/mol. The number of ether oxygens (including phenoxy) is 1. The van der Waals surface area contributed by atoms with Crippen molar-refractivity contribution in [2.45, 2.75) is 0 Å². The number of nitrogens with zero attached hydrogens (tertiary/aromatic N) is 5. The zero-order chi connectivity index (χ0) is 37.6. The number of aromatic amines is 2. The number of esters is 1. The molecule has 0 amide bonds. The Bertz CT molecular complexity index is 2840. The van der Waals surface area contributed by atoms with Crippen molar-refractivity contribution in [2.24, 2.45) is 21.1 Å². The molecule has 0 saturated carbocycles. The molecule has 9 rings (SSSR count). The smallest absolute Gasteiger partial charge is 0.337 e. The van der Waals surface area contributed by atoms with Crippen LogP contribution in [0.5, 0.6) is 0 Å². The van der Waals surface area contributed by atoms with Gasteiger partial charge in [-0.3, -0.25) is 0 Å². The maximum atomic E-state index is 12.4. The summed E-state index contributed by atoms with van der Waals surface area (Å²) >= 11 is 0. The van der Waals surface area contributed by atoms with Gasteiger partial charge in [0.05, 0.1) is 35.4 Å². The summed E-state index contributed by atoms with van der Waals surface area (Å²) in [4.78, 5) is 30.7. The van der Waals surface area contributed by atoms with Crippen LogP contribution in [0.1, 0.15) is 33.1 Å². The molecule has 0 aliphatic carbocycles. The minimum absolute atomic E-state index is 0. The van der Waals surface area contributed by atoms with Gasteiger partial charge in [0, 0.05) is 80.7 Å². The Morgan fingerprint density at radius 3 is 1.00 bits per heavy atom. The molecule has 2 N–H and O–H groups in total. The topological polar surface area (TPSA) is 95.3 Å². The molecule has 290 valence electrons. The first-order chi connectivity index (χ1) is 26.8. The lowest BCUT2D eigenvalue weighted by Gasteiger charge is -2.07. The van der Waals surface area contributed by atoms with Gasteiger partial charge in [-0.15, -0.1) is 0 Å². The van der Waals surface area contributed by atoms with Crippen molar-refractivity contribution in [3.63, 3.8) is 0 Å². The SMILES string of the molecule is COC(=O)c1ccc(-c2c3nc(c(-c4cc[n+](C)cc4)c4ccc([nH]4)c(-c4cc[n+](C)cc4)c4nc(c(-c5cc[n+](C)cc5)c5ccc2[nH]5)C=C4)C=C3)cc1.[I-].[I-].[I-]. The van der Waals surface area contributed by atoms with Crippen molar-refractivity contribution in [3.8, 4) is 44.5 Å². The van der Waals surface area contributed by atoms with E-state index < -0.39 is 0 Å². The van der Waals surface area contributed by atoms with Gasteiger partial charge >= 0.3 is 5.97 Å². The molecule has 2 aliphatic rings.